The summed E-state index contributed by atoms with van der Waals surface area (Å²) < 4.78 is 13.6. The fourth-order valence-corrected chi connectivity index (χ4v) is 2.28. The number of Topliss-reactive ketones (excluding diaryl/α,β-unsaturated/α-hetero) is 1. The van der Waals surface area contributed by atoms with Crippen molar-refractivity contribution < 1.29 is 9.18 Å². The molecule has 1 aromatic carbocycles. The van der Waals surface area contributed by atoms with E-state index < -0.39 is 5.82 Å². The zero-order valence-corrected chi connectivity index (χ0v) is 9.90. The minimum absolute atomic E-state index is 0.0528. The van der Waals surface area contributed by atoms with Crippen molar-refractivity contribution in [3.05, 3.63) is 40.1 Å². The Morgan fingerprint density at radius 1 is 1.50 bits per heavy atom. The molecular weight excluding hydrogens is 249 g/mol. The van der Waals surface area contributed by atoms with Gasteiger partial charge in [0.05, 0.1) is 5.02 Å². The molecule has 16 heavy (non-hydrogen) atoms. The molecule has 0 aliphatic carbocycles. The van der Waals surface area contributed by atoms with E-state index in [2.05, 4.69) is 4.98 Å². The number of rotatable bonds is 2. The van der Waals surface area contributed by atoms with Crippen LogP contribution in [-0.4, -0.2) is 10.8 Å². The van der Waals surface area contributed by atoms with Gasteiger partial charge in [0, 0.05) is 17.9 Å². The molecule has 0 saturated heterocycles. The van der Waals surface area contributed by atoms with Gasteiger partial charge in [-0.05, 0) is 12.1 Å². The Kier molecular flexibility index (Phi) is 3.03. The van der Waals surface area contributed by atoms with Gasteiger partial charge in [-0.25, -0.2) is 9.37 Å². The van der Waals surface area contributed by atoms with Crippen LogP contribution >= 0.6 is 22.9 Å². The molecule has 5 heteroatoms. The number of benzene rings is 1. The Labute approximate surface area is 101 Å². The van der Waals surface area contributed by atoms with E-state index in [1.165, 1.54) is 24.3 Å². The fraction of sp³-hybridized carbons (Fsp3) is 0.0909. The Balaban J connectivity index is 2.50. The minimum atomic E-state index is -0.506. The first-order valence-electron chi connectivity index (χ1n) is 4.50. The number of hydrogen-bond donors (Lipinski definition) is 0. The summed E-state index contributed by atoms with van der Waals surface area (Å²) in [5, 5.41) is 2.13. The first kappa shape index (κ1) is 11.2. The predicted molar refractivity (Wildman–Crippen MR) is 62.5 cm³/mol. The maximum Gasteiger partial charge on any atom is 0.178 e. The molecule has 0 aliphatic heterocycles. The summed E-state index contributed by atoms with van der Waals surface area (Å²) in [7, 11) is 0. The first-order chi connectivity index (χ1) is 7.59. The molecule has 0 radical (unpaired) electrons. The number of carbonyl (C=O) groups excluding carboxylic acids is 1. The summed E-state index contributed by atoms with van der Waals surface area (Å²) in [5.74, 6) is -0.640. The van der Waals surface area contributed by atoms with E-state index in [1.54, 1.807) is 17.5 Å². The number of halogens is 2. The average molecular weight is 256 g/mol. The van der Waals surface area contributed by atoms with Crippen molar-refractivity contribution in [2.75, 3.05) is 0 Å². The molecular formula is C11H7ClFNOS. The number of carbonyl (C=O) groups is 1. The monoisotopic (exact) mass is 255 g/mol. The number of thiazole rings is 1. The lowest BCUT2D eigenvalue weighted by atomic mass is 10.2. The van der Waals surface area contributed by atoms with E-state index in [1.807, 2.05) is 0 Å². The van der Waals surface area contributed by atoms with E-state index in [0.717, 1.165) is 0 Å². The Hall–Kier alpha value is -1.26. The zero-order chi connectivity index (χ0) is 11.7. The lowest BCUT2D eigenvalue weighted by Crippen LogP contribution is -1.92. The molecule has 0 bridgehead atoms. The Bertz CT molecular complexity index is 553. The topological polar surface area (TPSA) is 30.0 Å². The van der Waals surface area contributed by atoms with Crippen molar-refractivity contribution >= 4 is 28.7 Å². The van der Waals surface area contributed by atoms with Crippen molar-refractivity contribution in [1.29, 1.82) is 0 Å². The Morgan fingerprint density at radius 3 is 2.88 bits per heavy atom. The number of ketones is 1. The van der Waals surface area contributed by atoms with Crippen LogP contribution in [0.3, 0.4) is 0 Å². The maximum absolute atomic E-state index is 13.6. The van der Waals surface area contributed by atoms with Gasteiger partial charge in [-0.3, -0.25) is 4.79 Å². The summed E-state index contributed by atoms with van der Waals surface area (Å²) in [6, 6.07) is 4.71. The molecule has 2 aromatic rings. The molecule has 0 atom stereocenters. The van der Waals surface area contributed by atoms with Gasteiger partial charge >= 0.3 is 0 Å². The summed E-state index contributed by atoms with van der Waals surface area (Å²) in [4.78, 5) is 15.1. The highest BCUT2D eigenvalue weighted by Crippen LogP contribution is 2.29. The third-order valence-electron chi connectivity index (χ3n) is 2.05. The summed E-state index contributed by atoms with van der Waals surface area (Å²) in [6.45, 7) is 1.42. The quantitative estimate of drug-likeness (QED) is 0.764. The number of hydrogen-bond acceptors (Lipinski definition) is 3. The molecule has 0 N–H and O–H groups in total. The lowest BCUT2D eigenvalue weighted by molar-refractivity contribution is 0.101. The molecule has 0 saturated carbocycles. The normalized spacial score (nSPS) is 10.4. The van der Waals surface area contributed by atoms with Gasteiger partial charge in [-0.15, -0.1) is 11.3 Å². The second-order valence-corrected chi connectivity index (χ2v) is 4.46. The van der Waals surface area contributed by atoms with Crippen molar-refractivity contribution in [2.24, 2.45) is 0 Å². The molecule has 2 rings (SSSR count). The molecule has 0 amide bonds. The third kappa shape index (κ3) is 1.99. The van der Waals surface area contributed by atoms with Gasteiger partial charge in [0.1, 0.15) is 10.7 Å². The van der Waals surface area contributed by atoms with E-state index in [4.69, 9.17) is 11.6 Å². The lowest BCUT2D eigenvalue weighted by Gasteiger charge is -1.99. The molecule has 0 aliphatic rings. The largest absolute Gasteiger partial charge is 0.293 e. The van der Waals surface area contributed by atoms with Crippen molar-refractivity contribution in [3.63, 3.8) is 0 Å². The van der Waals surface area contributed by atoms with Gasteiger partial charge in [0.2, 0.25) is 0 Å². The SMILES string of the molecule is CC(=O)c1csc(-c2cccc(Cl)c2F)n1. The molecule has 1 heterocycles. The van der Waals surface area contributed by atoms with Crippen LogP contribution in [-0.2, 0) is 0 Å². The van der Waals surface area contributed by atoms with Crippen LogP contribution in [0.2, 0.25) is 5.02 Å². The minimum Gasteiger partial charge on any atom is -0.293 e. The van der Waals surface area contributed by atoms with E-state index in [-0.39, 0.29) is 10.8 Å². The summed E-state index contributed by atoms with van der Waals surface area (Å²) in [5.41, 5.74) is 0.671. The van der Waals surface area contributed by atoms with E-state index in [9.17, 15) is 9.18 Å². The first-order valence-corrected chi connectivity index (χ1v) is 5.76. The van der Waals surface area contributed by atoms with E-state index >= 15 is 0 Å². The molecule has 1 aromatic heterocycles. The van der Waals surface area contributed by atoms with Gasteiger partial charge in [-0.1, -0.05) is 17.7 Å². The molecule has 0 spiro atoms. The highest BCUT2D eigenvalue weighted by Gasteiger charge is 2.13. The zero-order valence-electron chi connectivity index (χ0n) is 8.33. The number of nitrogens with zero attached hydrogens (tertiary/aromatic N) is 1. The summed E-state index contributed by atoms with van der Waals surface area (Å²) >= 11 is 6.89. The smallest absolute Gasteiger partial charge is 0.178 e. The second-order valence-electron chi connectivity index (χ2n) is 3.20. The van der Waals surface area contributed by atoms with Crippen molar-refractivity contribution in [3.8, 4) is 10.6 Å². The van der Waals surface area contributed by atoms with Crippen LogP contribution in [0.25, 0.3) is 10.6 Å². The van der Waals surface area contributed by atoms with Crippen molar-refractivity contribution in [1.82, 2.24) is 4.98 Å². The van der Waals surface area contributed by atoms with Crippen LogP contribution in [0.15, 0.2) is 23.6 Å². The number of aromatic nitrogens is 1. The Morgan fingerprint density at radius 2 is 2.25 bits per heavy atom. The van der Waals surface area contributed by atoms with Crippen LogP contribution < -0.4 is 0 Å². The van der Waals surface area contributed by atoms with Gasteiger partial charge in [0.25, 0.3) is 0 Å². The third-order valence-corrected chi connectivity index (χ3v) is 3.21. The van der Waals surface area contributed by atoms with Gasteiger partial charge in [-0.2, -0.15) is 0 Å². The van der Waals surface area contributed by atoms with Crippen LogP contribution in [0.1, 0.15) is 17.4 Å². The van der Waals surface area contributed by atoms with Gasteiger partial charge < -0.3 is 0 Å². The average Bonchev–Trinajstić information content (AvgIpc) is 2.71. The van der Waals surface area contributed by atoms with Crippen LogP contribution in [0.4, 0.5) is 4.39 Å². The summed E-state index contributed by atoms with van der Waals surface area (Å²) in [6.07, 6.45) is 0. The van der Waals surface area contributed by atoms with Gasteiger partial charge in [0.15, 0.2) is 11.6 Å². The molecule has 82 valence electrons. The maximum atomic E-state index is 13.6. The van der Waals surface area contributed by atoms with Crippen LogP contribution in [0.5, 0.6) is 0 Å². The standard InChI is InChI=1S/C11H7ClFNOS/c1-6(15)9-5-16-11(14-9)7-3-2-4-8(12)10(7)13/h2-5H,1H3. The molecule has 0 fully saturated rings. The predicted octanol–water partition coefficient (Wildman–Crippen LogP) is 3.81. The highest BCUT2D eigenvalue weighted by molar-refractivity contribution is 7.13. The van der Waals surface area contributed by atoms with Crippen LogP contribution in [0, 0.1) is 5.82 Å². The highest BCUT2D eigenvalue weighted by atomic mass is 35.5. The molecule has 2 nitrogen and oxygen atoms in total. The van der Waals surface area contributed by atoms with E-state index in [0.29, 0.717) is 16.3 Å². The fourth-order valence-electron chi connectivity index (χ4n) is 1.23. The van der Waals surface area contributed by atoms with Crippen molar-refractivity contribution in [2.45, 2.75) is 6.92 Å². The second kappa shape index (κ2) is 4.31. The molecule has 0 unspecified atom stereocenters.